The molecule has 1 heterocycles. The number of rotatable bonds is 1. The third-order valence-electron chi connectivity index (χ3n) is 5.33. The second kappa shape index (κ2) is 4.08. The van der Waals surface area contributed by atoms with E-state index in [2.05, 4.69) is 10.2 Å². The summed E-state index contributed by atoms with van der Waals surface area (Å²) in [5.41, 5.74) is 1.16. The third kappa shape index (κ3) is 1.69. The maximum absolute atomic E-state index is 6.26. The van der Waals surface area contributed by atoms with Gasteiger partial charge in [-0.05, 0) is 73.3 Å². The number of nitrogens with zero attached hydrogens (tertiary/aromatic N) is 2. The fourth-order valence-electron chi connectivity index (χ4n) is 5.03. The van der Waals surface area contributed by atoms with E-state index in [1.807, 2.05) is 6.07 Å². The molecule has 4 heteroatoms. The Labute approximate surface area is 117 Å². The summed E-state index contributed by atoms with van der Waals surface area (Å²) in [6.45, 7) is 0. The fraction of sp³-hybridized carbons (Fsp3) is 0.714. The average molecular weight is 283 g/mol. The normalized spacial score (nSPS) is 41.3. The van der Waals surface area contributed by atoms with E-state index in [-0.39, 0.29) is 0 Å². The molecular formula is C14H16Cl2N2. The van der Waals surface area contributed by atoms with Crippen molar-refractivity contribution in [3.63, 3.8) is 0 Å². The van der Waals surface area contributed by atoms with Crippen LogP contribution in [0.5, 0.6) is 0 Å². The van der Waals surface area contributed by atoms with Gasteiger partial charge in [0.25, 0.3) is 0 Å². The molecule has 4 fully saturated rings. The van der Waals surface area contributed by atoms with Crippen molar-refractivity contribution >= 4 is 23.2 Å². The van der Waals surface area contributed by atoms with Crippen molar-refractivity contribution in [2.75, 3.05) is 0 Å². The SMILES string of the molecule is Clc1cc(C2C3CC4CC(C3)CC2C4)c(Cl)nn1. The molecule has 5 rings (SSSR count). The predicted octanol–water partition coefficient (Wildman–Crippen LogP) is 4.32. The van der Waals surface area contributed by atoms with Crippen LogP contribution in [0, 0.1) is 23.7 Å². The summed E-state index contributed by atoms with van der Waals surface area (Å²) >= 11 is 12.3. The molecule has 0 amide bonds. The van der Waals surface area contributed by atoms with Crippen molar-refractivity contribution in [2.45, 2.75) is 38.0 Å². The van der Waals surface area contributed by atoms with E-state index in [0.717, 1.165) is 29.2 Å². The first-order valence-corrected chi connectivity index (χ1v) is 7.65. The van der Waals surface area contributed by atoms with Gasteiger partial charge >= 0.3 is 0 Å². The number of hydrogen-bond donors (Lipinski definition) is 0. The molecule has 4 bridgehead atoms. The lowest BCUT2D eigenvalue weighted by molar-refractivity contribution is -0.00289. The summed E-state index contributed by atoms with van der Waals surface area (Å²) in [6, 6.07) is 1.95. The topological polar surface area (TPSA) is 25.8 Å². The van der Waals surface area contributed by atoms with Crippen LogP contribution in [0.1, 0.15) is 43.6 Å². The molecule has 0 spiro atoms. The van der Waals surface area contributed by atoms with Crippen molar-refractivity contribution in [2.24, 2.45) is 23.7 Å². The molecule has 4 aliphatic carbocycles. The van der Waals surface area contributed by atoms with Crippen LogP contribution in [0.15, 0.2) is 6.07 Å². The molecule has 0 radical (unpaired) electrons. The maximum atomic E-state index is 6.26. The summed E-state index contributed by atoms with van der Waals surface area (Å²) < 4.78 is 0. The van der Waals surface area contributed by atoms with Crippen LogP contribution < -0.4 is 0 Å². The molecule has 0 saturated heterocycles. The van der Waals surface area contributed by atoms with E-state index in [1.54, 1.807) is 0 Å². The summed E-state index contributed by atoms with van der Waals surface area (Å²) in [4.78, 5) is 0. The third-order valence-corrected chi connectivity index (χ3v) is 5.81. The van der Waals surface area contributed by atoms with Gasteiger partial charge in [-0.25, -0.2) is 0 Å². The number of halogens is 2. The van der Waals surface area contributed by atoms with Crippen molar-refractivity contribution in [1.29, 1.82) is 0 Å². The van der Waals surface area contributed by atoms with Gasteiger partial charge in [0, 0.05) is 0 Å². The average Bonchev–Trinajstić information content (AvgIpc) is 2.32. The van der Waals surface area contributed by atoms with Gasteiger partial charge in [-0.1, -0.05) is 23.2 Å². The first kappa shape index (κ1) is 11.5. The Bertz CT molecular complexity index is 461. The molecule has 4 saturated carbocycles. The largest absolute Gasteiger partial charge is 0.155 e. The Hall–Kier alpha value is -0.340. The molecule has 0 atom stereocenters. The Kier molecular flexibility index (Phi) is 2.60. The lowest BCUT2D eigenvalue weighted by Gasteiger charge is -2.54. The molecule has 1 aromatic rings. The van der Waals surface area contributed by atoms with Gasteiger partial charge in [-0.2, -0.15) is 0 Å². The second-order valence-corrected chi connectivity index (χ2v) is 7.11. The molecule has 18 heavy (non-hydrogen) atoms. The van der Waals surface area contributed by atoms with Gasteiger partial charge in [0.2, 0.25) is 0 Å². The number of aromatic nitrogens is 2. The van der Waals surface area contributed by atoms with E-state index in [4.69, 9.17) is 23.2 Å². The minimum atomic E-state index is 0.475. The molecule has 2 nitrogen and oxygen atoms in total. The van der Waals surface area contributed by atoms with E-state index in [1.165, 1.54) is 32.1 Å². The summed E-state index contributed by atoms with van der Waals surface area (Å²) in [7, 11) is 0. The first-order valence-electron chi connectivity index (χ1n) is 6.89. The van der Waals surface area contributed by atoms with Gasteiger partial charge in [0.1, 0.15) is 0 Å². The standard InChI is InChI=1S/C14H16Cl2N2/c15-12-6-11(14(16)18-17-12)13-9-2-7-1-8(4-9)5-10(13)3-7/h6-10,13H,1-5H2. The molecule has 0 aliphatic heterocycles. The molecular weight excluding hydrogens is 267 g/mol. The summed E-state index contributed by atoms with van der Waals surface area (Å²) in [6.07, 6.45) is 7.01. The van der Waals surface area contributed by atoms with Crippen LogP contribution in [0.2, 0.25) is 10.3 Å². The fourth-order valence-corrected chi connectivity index (χ4v) is 5.41. The van der Waals surface area contributed by atoms with E-state index < -0.39 is 0 Å². The Morgan fingerprint density at radius 1 is 0.889 bits per heavy atom. The lowest BCUT2D eigenvalue weighted by Crippen LogP contribution is -2.43. The second-order valence-electron chi connectivity index (χ2n) is 6.37. The Morgan fingerprint density at radius 3 is 2.11 bits per heavy atom. The van der Waals surface area contributed by atoms with Gasteiger partial charge in [-0.15, -0.1) is 10.2 Å². The highest BCUT2D eigenvalue weighted by molar-refractivity contribution is 6.31. The maximum Gasteiger partial charge on any atom is 0.155 e. The molecule has 96 valence electrons. The van der Waals surface area contributed by atoms with Crippen LogP contribution in [-0.2, 0) is 0 Å². The summed E-state index contributed by atoms with van der Waals surface area (Å²) in [5, 5.41) is 8.87. The predicted molar refractivity (Wildman–Crippen MR) is 71.8 cm³/mol. The van der Waals surface area contributed by atoms with Gasteiger partial charge < -0.3 is 0 Å². The van der Waals surface area contributed by atoms with Crippen LogP contribution in [0.25, 0.3) is 0 Å². The van der Waals surface area contributed by atoms with E-state index in [9.17, 15) is 0 Å². The zero-order valence-corrected chi connectivity index (χ0v) is 11.7. The molecule has 0 aromatic carbocycles. The molecule has 0 N–H and O–H groups in total. The van der Waals surface area contributed by atoms with Crippen LogP contribution in [-0.4, -0.2) is 10.2 Å². The highest BCUT2D eigenvalue weighted by atomic mass is 35.5. The highest BCUT2D eigenvalue weighted by Gasteiger charge is 2.49. The summed E-state index contributed by atoms with van der Waals surface area (Å²) in [5.74, 6) is 4.15. The van der Waals surface area contributed by atoms with Crippen molar-refractivity contribution in [3.8, 4) is 0 Å². The Morgan fingerprint density at radius 2 is 1.50 bits per heavy atom. The van der Waals surface area contributed by atoms with Crippen LogP contribution >= 0.6 is 23.2 Å². The smallest absolute Gasteiger partial charge is 0.137 e. The first-order chi connectivity index (χ1) is 8.70. The van der Waals surface area contributed by atoms with Crippen molar-refractivity contribution < 1.29 is 0 Å². The molecule has 4 aliphatic rings. The Balaban J connectivity index is 1.74. The monoisotopic (exact) mass is 282 g/mol. The van der Waals surface area contributed by atoms with E-state index in [0.29, 0.717) is 16.2 Å². The van der Waals surface area contributed by atoms with Crippen LogP contribution in [0.3, 0.4) is 0 Å². The number of hydrogen-bond acceptors (Lipinski definition) is 2. The van der Waals surface area contributed by atoms with E-state index >= 15 is 0 Å². The quantitative estimate of drug-likeness (QED) is 0.767. The molecule has 1 aromatic heterocycles. The van der Waals surface area contributed by atoms with Crippen molar-refractivity contribution in [3.05, 3.63) is 21.9 Å². The van der Waals surface area contributed by atoms with Gasteiger partial charge in [0.15, 0.2) is 10.3 Å². The van der Waals surface area contributed by atoms with Gasteiger partial charge in [-0.3, -0.25) is 0 Å². The lowest BCUT2D eigenvalue weighted by atomic mass is 9.51. The zero-order valence-electron chi connectivity index (χ0n) is 10.1. The minimum absolute atomic E-state index is 0.475. The van der Waals surface area contributed by atoms with Gasteiger partial charge in [0.05, 0.1) is 0 Å². The molecule has 0 unspecified atom stereocenters. The minimum Gasteiger partial charge on any atom is -0.137 e. The highest BCUT2D eigenvalue weighted by Crippen LogP contribution is 2.60. The van der Waals surface area contributed by atoms with Crippen LogP contribution in [0.4, 0.5) is 0 Å². The zero-order chi connectivity index (χ0) is 12.3. The van der Waals surface area contributed by atoms with Crippen molar-refractivity contribution in [1.82, 2.24) is 10.2 Å².